The van der Waals surface area contributed by atoms with Gasteiger partial charge < -0.3 is 19.4 Å². The zero-order valence-corrected chi connectivity index (χ0v) is 24.4. The van der Waals surface area contributed by atoms with E-state index in [1.54, 1.807) is 6.07 Å². The van der Waals surface area contributed by atoms with Gasteiger partial charge in [-0.2, -0.15) is 5.26 Å². The number of pyridine rings is 1. The summed E-state index contributed by atoms with van der Waals surface area (Å²) < 4.78 is 36.7. The normalized spacial score (nSPS) is 23.1. The minimum atomic E-state index is -0.976. The highest BCUT2D eigenvalue weighted by molar-refractivity contribution is 5.99. The lowest BCUT2D eigenvalue weighted by molar-refractivity contribution is -0.130. The predicted molar refractivity (Wildman–Crippen MR) is 161 cm³/mol. The quantitative estimate of drug-likeness (QED) is 0.355. The van der Waals surface area contributed by atoms with Crippen LogP contribution in [-0.2, 0) is 17.6 Å². The van der Waals surface area contributed by atoms with Gasteiger partial charge in [0.15, 0.2) is 11.6 Å². The van der Waals surface area contributed by atoms with E-state index in [9.17, 15) is 14.4 Å². The number of ether oxygens (including phenoxy) is 1. The van der Waals surface area contributed by atoms with Crippen LogP contribution in [0, 0.1) is 17.1 Å². The Morgan fingerprint density at radius 2 is 1.95 bits per heavy atom. The van der Waals surface area contributed by atoms with Crippen molar-refractivity contribution in [3.63, 3.8) is 0 Å². The van der Waals surface area contributed by atoms with Crippen LogP contribution in [0.3, 0.4) is 0 Å². The number of carbonyl (C=O) groups excluding carboxylic acids is 1. The fraction of sp³-hybridized carbons (Fsp3) is 0.441. The summed E-state index contributed by atoms with van der Waals surface area (Å²) in [4.78, 5) is 22.9. The molecule has 222 valence electrons. The summed E-state index contributed by atoms with van der Waals surface area (Å²) >= 11 is 0. The van der Waals surface area contributed by atoms with Crippen molar-refractivity contribution < 1.29 is 18.3 Å². The average Bonchev–Trinajstić information content (AvgIpc) is 3.57. The van der Waals surface area contributed by atoms with Crippen molar-refractivity contribution in [1.82, 2.24) is 14.8 Å². The third-order valence-corrected chi connectivity index (χ3v) is 9.99. The van der Waals surface area contributed by atoms with Crippen molar-refractivity contribution in [3.05, 3.63) is 65.2 Å². The van der Waals surface area contributed by atoms with Gasteiger partial charge in [-0.1, -0.05) is 30.8 Å². The molecule has 0 bridgehead atoms. The van der Waals surface area contributed by atoms with Crippen molar-refractivity contribution in [2.24, 2.45) is 0 Å². The number of aryl methyl sites for hydroxylation is 1. The lowest BCUT2D eigenvalue weighted by Gasteiger charge is -2.48. The van der Waals surface area contributed by atoms with Crippen molar-refractivity contribution in [2.75, 3.05) is 38.2 Å². The largest absolute Gasteiger partial charge is 0.475 e. The number of rotatable bonds is 6. The molecular weight excluding hydrogens is 548 g/mol. The molecule has 9 heteroatoms. The lowest BCUT2D eigenvalue weighted by Crippen LogP contribution is -2.63. The van der Waals surface area contributed by atoms with Gasteiger partial charge in [-0.25, -0.2) is 13.8 Å². The van der Waals surface area contributed by atoms with Crippen LogP contribution in [0.25, 0.3) is 22.0 Å². The number of hydrogen-bond acceptors (Lipinski definition) is 6. The molecule has 4 heterocycles. The molecule has 0 N–H and O–H groups in total. The summed E-state index contributed by atoms with van der Waals surface area (Å²) in [6.45, 7) is 5.31. The van der Waals surface area contributed by atoms with E-state index in [1.807, 2.05) is 23.1 Å². The molecule has 2 aromatic carbocycles. The molecule has 7 rings (SSSR count). The number of nitriles is 1. The highest BCUT2D eigenvalue weighted by atomic mass is 19.1. The van der Waals surface area contributed by atoms with Crippen LogP contribution in [0.2, 0.25) is 0 Å². The molecule has 3 aromatic rings. The number of halogens is 2. The zero-order valence-electron chi connectivity index (χ0n) is 24.4. The molecule has 43 heavy (non-hydrogen) atoms. The van der Waals surface area contributed by atoms with E-state index in [-0.39, 0.29) is 35.1 Å². The standard InChI is InChI=1S/C34H35F2N5O2/c1-20(35)34(42)40-16-14-28-29(40)18-41(28)32-26-13-12-25(24-11-5-8-21-7-3-4-10-23(21)24)30(36)31(26)38-33(27(32)17-37)43-19-22-9-6-15-39(22)2/h5,8,11-13,22,28-29H,1,3-4,6-7,9-10,14-16,18-19H2,2H3/t22-,28+,29+/m0/s1. The number of anilines is 1. The minimum Gasteiger partial charge on any atom is -0.475 e. The number of aromatic nitrogens is 1. The molecule has 3 aliphatic heterocycles. The predicted octanol–water partition coefficient (Wildman–Crippen LogP) is 5.54. The number of likely N-dealkylation sites (N-methyl/N-ethyl adjacent to an activating group) is 1. The maximum Gasteiger partial charge on any atom is 0.282 e. The minimum absolute atomic E-state index is 0.126. The number of benzene rings is 2. The molecule has 1 aliphatic carbocycles. The highest BCUT2D eigenvalue weighted by Gasteiger charge is 2.50. The smallest absolute Gasteiger partial charge is 0.282 e. The van der Waals surface area contributed by atoms with E-state index in [1.165, 1.54) is 16.0 Å². The highest BCUT2D eigenvalue weighted by Crippen LogP contribution is 2.45. The maximum absolute atomic E-state index is 16.7. The van der Waals surface area contributed by atoms with E-state index < -0.39 is 17.6 Å². The van der Waals surface area contributed by atoms with Crippen LogP contribution in [-0.4, -0.2) is 72.1 Å². The van der Waals surface area contributed by atoms with Gasteiger partial charge in [0.05, 0.1) is 17.8 Å². The summed E-state index contributed by atoms with van der Waals surface area (Å²) in [5.74, 6) is -1.97. The van der Waals surface area contributed by atoms with Crippen molar-refractivity contribution in [1.29, 1.82) is 5.26 Å². The summed E-state index contributed by atoms with van der Waals surface area (Å²) in [5, 5.41) is 11.0. The molecule has 0 saturated carbocycles. The number of likely N-dealkylation sites (tertiary alicyclic amines) is 2. The molecule has 3 atom stereocenters. The van der Waals surface area contributed by atoms with E-state index in [0.717, 1.165) is 50.6 Å². The van der Waals surface area contributed by atoms with Gasteiger partial charge in [-0.05, 0) is 81.3 Å². The Morgan fingerprint density at radius 3 is 2.72 bits per heavy atom. The second-order valence-corrected chi connectivity index (χ2v) is 12.3. The molecule has 3 saturated heterocycles. The first-order chi connectivity index (χ1) is 20.9. The Balaban J connectivity index is 1.34. The van der Waals surface area contributed by atoms with Crippen LogP contribution in [0.4, 0.5) is 14.5 Å². The summed E-state index contributed by atoms with van der Waals surface area (Å²) in [7, 11) is 2.05. The monoisotopic (exact) mass is 583 g/mol. The third-order valence-electron chi connectivity index (χ3n) is 9.99. The van der Waals surface area contributed by atoms with Gasteiger partial charge in [-0.15, -0.1) is 0 Å². The van der Waals surface area contributed by atoms with Crippen molar-refractivity contribution in [2.45, 2.75) is 63.1 Å². The average molecular weight is 584 g/mol. The third kappa shape index (κ3) is 4.54. The number of hydrogen-bond donors (Lipinski definition) is 0. The second-order valence-electron chi connectivity index (χ2n) is 12.3. The van der Waals surface area contributed by atoms with Gasteiger partial charge >= 0.3 is 0 Å². The molecule has 0 unspecified atom stereocenters. The van der Waals surface area contributed by atoms with Gasteiger partial charge in [-0.3, -0.25) is 4.79 Å². The van der Waals surface area contributed by atoms with Gasteiger partial charge in [0.25, 0.3) is 5.91 Å². The Hall–Kier alpha value is -4.03. The Kier molecular flexibility index (Phi) is 7.05. The zero-order chi connectivity index (χ0) is 29.8. The Bertz CT molecular complexity index is 1680. The van der Waals surface area contributed by atoms with Gasteiger partial charge in [0, 0.05) is 30.1 Å². The number of nitrogens with zero attached hydrogens (tertiary/aromatic N) is 5. The summed E-state index contributed by atoms with van der Waals surface area (Å²) in [5.41, 5.74) is 4.84. The fourth-order valence-corrected chi connectivity index (χ4v) is 7.65. The van der Waals surface area contributed by atoms with E-state index in [4.69, 9.17) is 9.72 Å². The molecule has 7 nitrogen and oxygen atoms in total. The number of fused-ring (bicyclic) bond motifs is 3. The van der Waals surface area contributed by atoms with Gasteiger partial charge in [0.1, 0.15) is 23.8 Å². The second kappa shape index (κ2) is 10.9. The Morgan fingerprint density at radius 1 is 1.12 bits per heavy atom. The van der Waals surface area contributed by atoms with Gasteiger partial charge in [0.2, 0.25) is 5.88 Å². The van der Waals surface area contributed by atoms with Crippen LogP contribution >= 0.6 is 0 Å². The number of carbonyl (C=O) groups is 1. The summed E-state index contributed by atoms with van der Waals surface area (Å²) in [6.07, 6.45) is 6.78. The molecule has 3 fully saturated rings. The summed E-state index contributed by atoms with van der Waals surface area (Å²) in [6, 6.07) is 11.9. The van der Waals surface area contributed by atoms with Crippen LogP contribution < -0.4 is 9.64 Å². The van der Waals surface area contributed by atoms with E-state index >= 15 is 4.39 Å². The fourth-order valence-electron chi connectivity index (χ4n) is 7.65. The molecule has 4 aliphatic rings. The molecule has 0 radical (unpaired) electrons. The number of amides is 1. The molecule has 1 aromatic heterocycles. The van der Waals surface area contributed by atoms with Crippen molar-refractivity contribution >= 4 is 22.5 Å². The first-order valence-electron chi connectivity index (χ1n) is 15.3. The topological polar surface area (TPSA) is 72.7 Å². The lowest BCUT2D eigenvalue weighted by atomic mass is 9.85. The van der Waals surface area contributed by atoms with E-state index in [2.05, 4.69) is 30.7 Å². The van der Waals surface area contributed by atoms with E-state index in [0.29, 0.717) is 42.8 Å². The maximum atomic E-state index is 16.7. The first-order valence-corrected chi connectivity index (χ1v) is 15.3. The molecular formula is C34H35F2N5O2. The Labute approximate surface area is 250 Å². The van der Waals surface area contributed by atoms with Crippen LogP contribution in [0.1, 0.15) is 48.8 Å². The first kappa shape index (κ1) is 27.8. The molecule has 0 spiro atoms. The van der Waals surface area contributed by atoms with Crippen molar-refractivity contribution in [3.8, 4) is 23.1 Å². The molecule has 1 amide bonds. The van der Waals surface area contributed by atoms with Crippen LogP contribution in [0.5, 0.6) is 5.88 Å². The SMILES string of the molecule is C=C(F)C(=O)N1CC[C@@H]2[C@H]1CN2c1c(C#N)c(OC[C@@H]2CCCN2C)nc2c(F)c(-c3cccc4c3CCCC4)ccc12. The van der Waals surface area contributed by atoms with Crippen LogP contribution in [0.15, 0.2) is 42.7 Å².